The molecule has 0 aromatic heterocycles. The second-order valence-corrected chi connectivity index (χ2v) is 3.81. The molecule has 0 radical (unpaired) electrons. The molecule has 0 aliphatic heterocycles. The number of ether oxygens (including phenoxy) is 1. The van der Waals surface area contributed by atoms with E-state index in [0.717, 1.165) is 11.8 Å². The van der Waals surface area contributed by atoms with E-state index in [2.05, 4.69) is 4.74 Å². The van der Waals surface area contributed by atoms with Crippen LogP contribution in [0.3, 0.4) is 0 Å². The van der Waals surface area contributed by atoms with Crippen molar-refractivity contribution in [2.75, 3.05) is 12.9 Å². The highest BCUT2D eigenvalue weighted by Crippen LogP contribution is 2.28. The molecular weight excluding hydrogens is 227 g/mol. The molecule has 0 saturated carbocycles. The summed E-state index contributed by atoms with van der Waals surface area (Å²) in [6, 6.07) is 4.46. The normalized spacial score (nSPS) is 9.93. The first-order valence-electron chi connectivity index (χ1n) is 3.78. The van der Waals surface area contributed by atoms with Gasteiger partial charge < -0.3 is 4.74 Å². The summed E-state index contributed by atoms with van der Waals surface area (Å²) in [6.45, 7) is 0. The fourth-order valence-electron chi connectivity index (χ4n) is 0.791. The molecule has 1 rings (SSSR count). The van der Waals surface area contributed by atoms with E-state index in [4.69, 9.17) is 11.6 Å². The maximum absolute atomic E-state index is 12.9. The molecule has 0 aliphatic rings. The first-order chi connectivity index (χ1) is 6.65. The quantitative estimate of drug-likeness (QED) is 0.594. The number of carbonyl (C=O) groups excluding carboxylic acids is 1. The van der Waals surface area contributed by atoms with Crippen molar-refractivity contribution in [3.05, 3.63) is 29.0 Å². The molecular formula is C9H8ClFO2S. The highest BCUT2D eigenvalue weighted by atomic mass is 35.5. The van der Waals surface area contributed by atoms with Crippen LogP contribution >= 0.6 is 23.4 Å². The zero-order valence-electron chi connectivity index (χ0n) is 7.42. The molecule has 1 aromatic carbocycles. The Labute approximate surface area is 90.4 Å². The summed E-state index contributed by atoms with van der Waals surface area (Å²) < 4.78 is 17.4. The van der Waals surface area contributed by atoms with E-state index in [1.807, 2.05) is 0 Å². The Hall–Kier alpha value is -0.740. The summed E-state index contributed by atoms with van der Waals surface area (Å²) >= 11 is 6.82. The van der Waals surface area contributed by atoms with Gasteiger partial charge in [0.15, 0.2) is 0 Å². The highest BCUT2D eigenvalue weighted by molar-refractivity contribution is 8.00. The van der Waals surface area contributed by atoms with Gasteiger partial charge in [0.2, 0.25) is 0 Å². The van der Waals surface area contributed by atoms with Gasteiger partial charge in [-0.1, -0.05) is 17.7 Å². The van der Waals surface area contributed by atoms with Gasteiger partial charge in [-0.25, -0.2) is 4.39 Å². The monoisotopic (exact) mass is 234 g/mol. The first-order valence-corrected chi connectivity index (χ1v) is 5.15. The molecule has 14 heavy (non-hydrogen) atoms. The Balaban J connectivity index is 2.68. The van der Waals surface area contributed by atoms with E-state index in [1.54, 1.807) is 12.1 Å². The lowest BCUT2D eigenvalue weighted by Gasteiger charge is -2.03. The van der Waals surface area contributed by atoms with Gasteiger partial charge >= 0.3 is 5.97 Å². The van der Waals surface area contributed by atoms with Crippen LogP contribution in [0.5, 0.6) is 0 Å². The summed E-state index contributed by atoms with van der Waals surface area (Å²) in [6.07, 6.45) is 0. The molecule has 0 N–H and O–H groups in total. The van der Waals surface area contributed by atoms with Crippen molar-refractivity contribution in [1.29, 1.82) is 0 Å². The van der Waals surface area contributed by atoms with Gasteiger partial charge in [-0.3, -0.25) is 4.79 Å². The van der Waals surface area contributed by atoms with Crippen LogP contribution in [0.1, 0.15) is 0 Å². The summed E-state index contributed by atoms with van der Waals surface area (Å²) in [5, 5.41) is 0.0430. The largest absolute Gasteiger partial charge is 0.468 e. The van der Waals surface area contributed by atoms with Gasteiger partial charge in [0.1, 0.15) is 5.82 Å². The summed E-state index contributed by atoms with van der Waals surface area (Å²) in [5.74, 6) is -0.725. The molecule has 2 nitrogen and oxygen atoms in total. The number of hydrogen-bond donors (Lipinski definition) is 0. The highest BCUT2D eigenvalue weighted by Gasteiger charge is 2.08. The second kappa shape index (κ2) is 5.22. The van der Waals surface area contributed by atoms with Crippen molar-refractivity contribution in [1.82, 2.24) is 0 Å². The van der Waals surface area contributed by atoms with E-state index in [0.29, 0.717) is 4.90 Å². The average molecular weight is 235 g/mol. The Morgan fingerprint density at radius 3 is 3.00 bits per heavy atom. The van der Waals surface area contributed by atoms with Gasteiger partial charge in [0, 0.05) is 4.90 Å². The topological polar surface area (TPSA) is 26.3 Å². The van der Waals surface area contributed by atoms with Crippen molar-refractivity contribution >= 4 is 29.3 Å². The Kier molecular flexibility index (Phi) is 4.22. The minimum atomic E-state index is -0.485. The van der Waals surface area contributed by atoms with Crippen molar-refractivity contribution in [3.8, 4) is 0 Å². The number of halogens is 2. The van der Waals surface area contributed by atoms with E-state index >= 15 is 0 Å². The van der Waals surface area contributed by atoms with Gasteiger partial charge in [-0.2, -0.15) is 0 Å². The third-order valence-electron chi connectivity index (χ3n) is 1.49. The zero-order chi connectivity index (χ0) is 10.6. The third-order valence-corrected chi connectivity index (χ3v) is 3.02. The van der Waals surface area contributed by atoms with E-state index in [1.165, 1.54) is 13.2 Å². The fraction of sp³-hybridized carbons (Fsp3) is 0.222. The summed E-state index contributed by atoms with van der Waals surface area (Å²) in [5.41, 5.74) is 0. The maximum atomic E-state index is 12.9. The molecule has 0 unspecified atom stereocenters. The van der Waals surface area contributed by atoms with Crippen molar-refractivity contribution < 1.29 is 13.9 Å². The van der Waals surface area contributed by atoms with Crippen LogP contribution in [0.2, 0.25) is 5.02 Å². The lowest BCUT2D eigenvalue weighted by atomic mass is 10.3. The third kappa shape index (κ3) is 2.89. The van der Waals surface area contributed by atoms with Crippen LogP contribution in [-0.4, -0.2) is 18.8 Å². The number of methoxy groups -OCH3 is 1. The second-order valence-electron chi connectivity index (χ2n) is 2.42. The Bertz CT molecular complexity index is 344. The predicted octanol–water partition coefficient (Wildman–Crippen LogP) is 2.74. The van der Waals surface area contributed by atoms with Gasteiger partial charge in [-0.05, 0) is 12.1 Å². The fourth-order valence-corrected chi connectivity index (χ4v) is 1.87. The molecule has 0 heterocycles. The van der Waals surface area contributed by atoms with Crippen LogP contribution in [0, 0.1) is 5.82 Å². The number of carbonyl (C=O) groups is 1. The summed E-state index contributed by atoms with van der Waals surface area (Å²) in [7, 11) is 1.30. The maximum Gasteiger partial charge on any atom is 0.315 e. The standard InChI is InChI=1S/C9H8ClFO2S/c1-13-8(12)5-14-7-4-2-3-6(11)9(7)10/h2-4H,5H2,1H3. The smallest absolute Gasteiger partial charge is 0.315 e. The van der Waals surface area contributed by atoms with Gasteiger partial charge in [-0.15, -0.1) is 11.8 Å². The molecule has 0 fully saturated rings. The number of rotatable bonds is 3. The van der Waals surface area contributed by atoms with Gasteiger partial charge in [0.05, 0.1) is 17.9 Å². The summed E-state index contributed by atoms with van der Waals surface area (Å²) in [4.78, 5) is 11.3. The lowest BCUT2D eigenvalue weighted by molar-refractivity contribution is -0.137. The number of benzene rings is 1. The predicted molar refractivity (Wildman–Crippen MR) is 54.2 cm³/mol. The van der Waals surface area contributed by atoms with Crippen LogP contribution in [0.15, 0.2) is 23.1 Å². The Morgan fingerprint density at radius 2 is 2.36 bits per heavy atom. The minimum absolute atomic E-state index is 0.0430. The van der Waals surface area contributed by atoms with E-state index in [9.17, 15) is 9.18 Å². The van der Waals surface area contributed by atoms with Gasteiger partial charge in [0.25, 0.3) is 0 Å². The lowest BCUT2D eigenvalue weighted by Crippen LogP contribution is -2.02. The van der Waals surface area contributed by atoms with Crippen LogP contribution in [0.25, 0.3) is 0 Å². The number of esters is 1. The first kappa shape index (κ1) is 11.3. The van der Waals surface area contributed by atoms with Crippen molar-refractivity contribution in [2.45, 2.75) is 4.90 Å². The van der Waals surface area contributed by atoms with Crippen molar-refractivity contribution in [3.63, 3.8) is 0 Å². The van der Waals surface area contributed by atoms with Crippen molar-refractivity contribution in [2.24, 2.45) is 0 Å². The average Bonchev–Trinajstić information content (AvgIpc) is 2.20. The molecule has 76 valence electrons. The number of hydrogen-bond acceptors (Lipinski definition) is 3. The minimum Gasteiger partial charge on any atom is -0.468 e. The van der Waals surface area contributed by atoms with Crippen LogP contribution in [0.4, 0.5) is 4.39 Å². The van der Waals surface area contributed by atoms with Crippen LogP contribution in [-0.2, 0) is 9.53 Å². The molecule has 0 atom stereocenters. The number of thioether (sulfide) groups is 1. The Morgan fingerprint density at radius 1 is 1.64 bits per heavy atom. The zero-order valence-corrected chi connectivity index (χ0v) is 8.99. The SMILES string of the molecule is COC(=O)CSc1cccc(F)c1Cl. The molecule has 0 bridgehead atoms. The molecule has 5 heteroatoms. The van der Waals surface area contributed by atoms with Crippen LogP contribution < -0.4 is 0 Å². The molecule has 0 aliphatic carbocycles. The molecule has 0 spiro atoms. The molecule has 0 amide bonds. The molecule has 0 saturated heterocycles. The van der Waals surface area contributed by atoms with E-state index < -0.39 is 5.82 Å². The molecule has 1 aromatic rings. The van der Waals surface area contributed by atoms with E-state index in [-0.39, 0.29) is 16.7 Å².